The van der Waals surface area contributed by atoms with E-state index >= 15 is 0 Å². The Morgan fingerprint density at radius 2 is 2.12 bits per heavy atom. The van der Waals surface area contributed by atoms with Crippen LogP contribution in [0.4, 0.5) is 4.79 Å². The molecular formula is C13H22N2O. The highest BCUT2D eigenvalue weighted by Gasteiger charge is 2.16. The predicted molar refractivity (Wildman–Crippen MR) is 66.1 cm³/mol. The Balaban J connectivity index is 2.26. The largest absolute Gasteiger partial charge is 0.335 e. The molecule has 0 aromatic heterocycles. The fraction of sp³-hybridized carbons (Fsp3) is 0.769. The van der Waals surface area contributed by atoms with Crippen molar-refractivity contribution < 1.29 is 4.79 Å². The van der Waals surface area contributed by atoms with Gasteiger partial charge in [-0.3, -0.25) is 0 Å². The van der Waals surface area contributed by atoms with Crippen LogP contribution in [-0.4, -0.2) is 18.1 Å². The summed E-state index contributed by atoms with van der Waals surface area (Å²) in [6.07, 6.45) is 13.1. The Hall–Kier alpha value is -1.17. The number of hydrogen-bond acceptors (Lipinski definition) is 1. The molecule has 1 saturated carbocycles. The molecule has 0 bridgehead atoms. The molecule has 0 aromatic rings. The highest BCUT2D eigenvalue weighted by Crippen LogP contribution is 2.17. The molecule has 0 heterocycles. The lowest BCUT2D eigenvalue weighted by Crippen LogP contribution is -2.46. The molecule has 90 valence electrons. The summed E-state index contributed by atoms with van der Waals surface area (Å²) in [5, 5.41) is 5.83. The summed E-state index contributed by atoms with van der Waals surface area (Å²) in [7, 11) is 0. The third-order valence-electron chi connectivity index (χ3n) is 3.02. The Labute approximate surface area is 98.4 Å². The lowest BCUT2D eigenvalue weighted by atomic mass is 9.96. The lowest BCUT2D eigenvalue weighted by molar-refractivity contribution is 0.230. The molecule has 0 radical (unpaired) electrons. The molecule has 0 saturated heterocycles. The maximum atomic E-state index is 11.6. The van der Waals surface area contributed by atoms with E-state index in [1.807, 2.05) is 0 Å². The van der Waals surface area contributed by atoms with Crippen LogP contribution < -0.4 is 10.6 Å². The number of amides is 2. The van der Waals surface area contributed by atoms with E-state index in [-0.39, 0.29) is 12.1 Å². The maximum Gasteiger partial charge on any atom is 0.315 e. The Morgan fingerprint density at radius 3 is 2.69 bits per heavy atom. The minimum Gasteiger partial charge on any atom is -0.335 e. The minimum atomic E-state index is -0.131. The number of nitrogens with one attached hydrogen (secondary N) is 2. The molecule has 1 unspecified atom stereocenters. The molecule has 0 aromatic carbocycles. The van der Waals surface area contributed by atoms with Gasteiger partial charge >= 0.3 is 6.03 Å². The van der Waals surface area contributed by atoms with Crippen molar-refractivity contribution in [2.75, 3.05) is 0 Å². The van der Waals surface area contributed by atoms with Crippen molar-refractivity contribution in [1.29, 1.82) is 0 Å². The standard InChI is InChI=1S/C13H22N2O/c1-3-8-11(4-2)14-13(16)15-12-9-6-5-7-10-12/h2,11-12H,3,5-10H2,1H3,(H2,14,15,16). The zero-order chi connectivity index (χ0) is 11.8. The summed E-state index contributed by atoms with van der Waals surface area (Å²) in [4.78, 5) is 11.6. The summed E-state index contributed by atoms with van der Waals surface area (Å²) in [6, 6.07) is 0.102. The van der Waals surface area contributed by atoms with Gasteiger partial charge in [0.15, 0.2) is 0 Å². The maximum absolute atomic E-state index is 11.6. The summed E-state index contributed by atoms with van der Waals surface area (Å²) in [6.45, 7) is 2.06. The Bertz CT molecular complexity index is 251. The molecule has 1 aliphatic carbocycles. The summed E-state index contributed by atoms with van der Waals surface area (Å²) in [5.74, 6) is 2.60. The van der Waals surface area contributed by atoms with Gasteiger partial charge in [-0.15, -0.1) is 6.42 Å². The van der Waals surface area contributed by atoms with Crippen molar-refractivity contribution >= 4 is 6.03 Å². The van der Waals surface area contributed by atoms with Gasteiger partial charge in [-0.1, -0.05) is 38.5 Å². The molecule has 3 heteroatoms. The first-order valence-corrected chi connectivity index (χ1v) is 6.29. The second-order valence-corrected chi connectivity index (χ2v) is 4.46. The number of rotatable bonds is 4. The number of hydrogen-bond donors (Lipinski definition) is 2. The summed E-state index contributed by atoms with van der Waals surface area (Å²) in [5.41, 5.74) is 0. The number of terminal acetylenes is 1. The molecule has 1 fully saturated rings. The molecule has 16 heavy (non-hydrogen) atoms. The molecule has 0 spiro atoms. The van der Waals surface area contributed by atoms with Crippen molar-refractivity contribution in [2.24, 2.45) is 0 Å². The molecule has 1 aliphatic rings. The van der Waals surface area contributed by atoms with E-state index in [2.05, 4.69) is 23.5 Å². The average Bonchev–Trinajstić information content (AvgIpc) is 2.29. The highest BCUT2D eigenvalue weighted by atomic mass is 16.2. The number of carbonyl (C=O) groups excluding carboxylic acids is 1. The zero-order valence-electron chi connectivity index (χ0n) is 10.1. The predicted octanol–water partition coefficient (Wildman–Crippen LogP) is 2.42. The van der Waals surface area contributed by atoms with Crippen LogP contribution in [0.1, 0.15) is 51.9 Å². The molecule has 1 rings (SSSR count). The van der Waals surface area contributed by atoms with Gasteiger partial charge in [-0.25, -0.2) is 4.79 Å². The highest BCUT2D eigenvalue weighted by molar-refractivity contribution is 5.75. The lowest BCUT2D eigenvalue weighted by Gasteiger charge is -2.23. The minimum absolute atomic E-state index is 0.108. The molecule has 1 atom stereocenters. The van der Waals surface area contributed by atoms with Gasteiger partial charge in [-0.05, 0) is 19.3 Å². The van der Waals surface area contributed by atoms with Crippen molar-refractivity contribution in [2.45, 2.75) is 64.0 Å². The average molecular weight is 222 g/mol. The SMILES string of the molecule is C#CC(CCC)NC(=O)NC1CCCCC1. The quantitative estimate of drug-likeness (QED) is 0.705. The third-order valence-corrected chi connectivity index (χ3v) is 3.02. The zero-order valence-corrected chi connectivity index (χ0v) is 10.1. The van der Waals surface area contributed by atoms with Gasteiger partial charge in [-0.2, -0.15) is 0 Å². The topological polar surface area (TPSA) is 41.1 Å². The van der Waals surface area contributed by atoms with Crippen LogP contribution in [0.25, 0.3) is 0 Å². The molecule has 0 aliphatic heterocycles. The monoisotopic (exact) mass is 222 g/mol. The molecule has 3 nitrogen and oxygen atoms in total. The number of carbonyl (C=O) groups is 1. The first-order chi connectivity index (χ1) is 7.76. The van der Waals surface area contributed by atoms with Gasteiger partial charge in [0.05, 0.1) is 6.04 Å². The fourth-order valence-corrected chi connectivity index (χ4v) is 2.12. The van der Waals surface area contributed by atoms with Crippen molar-refractivity contribution in [3.05, 3.63) is 0 Å². The third kappa shape index (κ3) is 4.57. The van der Waals surface area contributed by atoms with E-state index in [0.29, 0.717) is 6.04 Å². The Morgan fingerprint density at radius 1 is 1.44 bits per heavy atom. The first-order valence-electron chi connectivity index (χ1n) is 6.29. The van der Waals surface area contributed by atoms with Crippen LogP contribution in [0.2, 0.25) is 0 Å². The first kappa shape index (κ1) is 12.9. The van der Waals surface area contributed by atoms with Gasteiger partial charge < -0.3 is 10.6 Å². The van der Waals surface area contributed by atoms with E-state index < -0.39 is 0 Å². The molecule has 2 N–H and O–H groups in total. The van der Waals surface area contributed by atoms with E-state index in [9.17, 15) is 4.79 Å². The van der Waals surface area contributed by atoms with Crippen molar-refractivity contribution in [1.82, 2.24) is 10.6 Å². The molecular weight excluding hydrogens is 200 g/mol. The van der Waals surface area contributed by atoms with Crippen LogP contribution >= 0.6 is 0 Å². The van der Waals surface area contributed by atoms with E-state index in [0.717, 1.165) is 25.7 Å². The van der Waals surface area contributed by atoms with Crippen LogP contribution in [0.3, 0.4) is 0 Å². The van der Waals surface area contributed by atoms with E-state index in [4.69, 9.17) is 6.42 Å². The smallest absolute Gasteiger partial charge is 0.315 e. The molecule has 2 amide bonds. The van der Waals surface area contributed by atoms with Gasteiger partial charge in [0.1, 0.15) is 0 Å². The van der Waals surface area contributed by atoms with Crippen molar-refractivity contribution in [3.8, 4) is 12.3 Å². The van der Waals surface area contributed by atoms with Gasteiger partial charge in [0, 0.05) is 6.04 Å². The van der Waals surface area contributed by atoms with Gasteiger partial charge in [0.2, 0.25) is 0 Å². The summed E-state index contributed by atoms with van der Waals surface area (Å²) >= 11 is 0. The van der Waals surface area contributed by atoms with Crippen molar-refractivity contribution in [3.63, 3.8) is 0 Å². The van der Waals surface area contributed by atoms with Crippen LogP contribution in [-0.2, 0) is 0 Å². The van der Waals surface area contributed by atoms with E-state index in [1.165, 1.54) is 19.3 Å². The van der Waals surface area contributed by atoms with Crippen LogP contribution in [0, 0.1) is 12.3 Å². The summed E-state index contributed by atoms with van der Waals surface area (Å²) < 4.78 is 0. The van der Waals surface area contributed by atoms with Crippen LogP contribution in [0.15, 0.2) is 0 Å². The van der Waals surface area contributed by atoms with Crippen LogP contribution in [0.5, 0.6) is 0 Å². The van der Waals surface area contributed by atoms with E-state index in [1.54, 1.807) is 0 Å². The second-order valence-electron chi connectivity index (χ2n) is 4.46. The van der Waals surface area contributed by atoms with Gasteiger partial charge in [0.25, 0.3) is 0 Å². The fourth-order valence-electron chi connectivity index (χ4n) is 2.12. The normalized spacial score (nSPS) is 18.5. The second kappa shape index (κ2) is 7.16. The number of urea groups is 1. The Kier molecular flexibility index (Phi) is 5.77.